The second-order valence-corrected chi connectivity index (χ2v) is 7.40. The normalized spacial score (nSPS) is 18.1. The van der Waals surface area contributed by atoms with Gasteiger partial charge in [0.05, 0.1) is 22.6 Å². The smallest absolute Gasteiger partial charge is 0.302 e. The van der Waals surface area contributed by atoms with E-state index in [0.29, 0.717) is 16.6 Å². The number of anilines is 1. The van der Waals surface area contributed by atoms with Gasteiger partial charge in [0.1, 0.15) is 5.76 Å². The first-order valence-corrected chi connectivity index (χ1v) is 9.77. The number of ketones is 1. The number of para-hydroxylation sites is 2. The summed E-state index contributed by atoms with van der Waals surface area (Å²) < 4.78 is 0. The largest absolute Gasteiger partial charge is 0.507 e. The number of aryl methyl sites for hydroxylation is 1. The van der Waals surface area contributed by atoms with Crippen LogP contribution in [0.25, 0.3) is 16.8 Å². The first-order valence-electron chi connectivity index (χ1n) is 9.77. The second-order valence-electron chi connectivity index (χ2n) is 7.40. The minimum atomic E-state index is -0.865. The van der Waals surface area contributed by atoms with E-state index in [2.05, 4.69) is 15.0 Å². The zero-order valence-corrected chi connectivity index (χ0v) is 16.6. The van der Waals surface area contributed by atoms with Crippen LogP contribution in [-0.2, 0) is 9.59 Å². The van der Waals surface area contributed by atoms with Crippen LogP contribution in [-0.4, -0.2) is 31.7 Å². The van der Waals surface area contributed by atoms with Crippen LogP contribution in [0.4, 0.5) is 5.95 Å². The topological polar surface area (TPSA) is 99.2 Å². The summed E-state index contributed by atoms with van der Waals surface area (Å²) in [5, 5.41) is 11.1. The van der Waals surface area contributed by atoms with Crippen molar-refractivity contribution in [3.05, 3.63) is 95.3 Å². The number of carbonyl (C=O) groups is 2. The van der Waals surface area contributed by atoms with E-state index in [4.69, 9.17) is 0 Å². The number of hydrogen-bond acceptors (Lipinski definition) is 5. The van der Waals surface area contributed by atoms with Gasteiger partial charge in [0.15, 0.2) is 0 Å². The van der Waals surface area contributed by atoms with Crippen LogP contribution in [0.15, 0.2) is 78.6 Å². The summed E-state index contributed by atoms with van der Waals surface area (Å²) in [6, 6.07) is 17.1. The van der Waals surface area contributed by atoms with Gasteiger partial charge in [0.25, 0.3) is 5.78 Å². The van der Waals surface area contributed by atoms with Crippen LogP contribution in [0, 0.1) is 6.92 Å². The molecule has 2 aromatic carbocycles. The highest BCUT2D eigenvalue weighted by Crippen LogP contribution is 2.41. The van der Waals surface area contributed by atoms with E-state index in [-0.39, 0.29) is 17.3 Å². The van der Waals surface area contributed by atoms with Crippen molar-refractivity contribution in [1.29, 1.82) is 0 Å². The average Bonchev–Trinajstić information content (AvgIpc) is 3.33. The third kappa shape index (κ3) is 3.07. The van der Waals surface area contributed by atoms with Gasteiger partial charge in [-0.1, -0.05) is 48.0 Å². The summed E-state index contributed by atoms with van der Waals surface area (Å²) in [4.78, 5) is 39.3. The highest BCUT2D eigenvalue weighted by atomic mass is 16.3. The van der Waals surface area contributed by atoms with Gasteiger partial charge in [-0.05, 0) is 30.7 Å². The molecule has 0 spiro atoms. The van der Waals surface area contributed by atoms with Gasteiger partial charge < -0.3 is 10.1 Å². The third-order valence-corrected chi connectivity index (χ3v) is 5.37. The number of aliphatic hydroxyl groups excluding tert-OH is 1. The lowest BCUT2D eigenvalue weighted by atomic mass is 9.96. The van der Waals surface area contributed by atoms with Gasteiger partial charge in [-0.3, -0.25) is 19.5 Å². The number of H-pyrrole nitrogens is 1. The predicted molar refractivity (Wildman–Crippen MR) is 116 cm³/mol. The highest BCUT2D eigenvalue weighted by Gasteiger charge is 2.48. The number of Topliss-reactive ketones (excluding diaryl/α,β-unsaturated/α-hetero) is 1. The molecular weight excluding hydrogens is 392 g/mol. The number of hydrogen-bond donors (Lipinski definition) is 2. The molecule has 0 bridgehead atoms. The molecule has 1 aliphatic heterocycles. The molecule has 0 radical (unpaired) electrons. The van der Waals surface area contributed by atoms with E-state index in [1.807, 2.05) is 43.3 Å². The SMILES string of the molecule is Cc1ccc(/C(O)=C2\C(=O)C(=O)N(c3nc4ccccc4[nH]3)C2c2cccnc2)cc1. The minimum absolute atomic E-state index is 0.00214. The van der Waals surface area contributed by atoms with Crippen LogP contribution < -0.4 is 4.90 Å². The van der Waals surface area contributed by atoms with E-state index in [9.17, 15) is 14.7 Å². The van der Waals surface area contributed by atoms with Crippen molar-refractivity contribution >= 4 is 34.4 Å². The Morgan fingerprint density at radius 3 is 2.52 bits per heavy atom. The van der Waals surface area contributed by atoms with E-state index in [1.54, 1.807) is 36.7 Å². The standard InChI is InChI=1S/C24H18N4O3/c1-14-8-10-15(11-9-14)21(29)19-20(16-5-4-12-25-13-16)28(23(31)22(19)30)24-26-17-6-2-3-7-18(17)27-24/h2-13,20,29H,1H3,(H,26,27)/b21-19+. The Balaban J connectivity index is 1.73. The molecule has 1 fully saturated rings. The Kier molecular flexibility index (Phi) is 4.36. The number of rotatable bonds is 3. The number of aromatic nitrogens is 3. The Bertz CT molecular complexity index is 1310. The summed E-state index contributed by atoms with van der Waals surface area (Å²) in [5.41, 5.74) is 3.48. The van der Waals surface area contributed by atoms with Crippen LogP contribution >= 0.6 is 0 Å². The summed E-state index contributed by atoms with van der Waals surface area (Å²) in [7, 11) is 0. The molecule has 4 aromatic rings. The van der Waals surface area contributed by atoms with Crippen molar-refractivity contribution < 1.29 is 14.7 Å². The predicted octanol–water partition coefficient (Wildman–Crippen LogP) is 3.89. The molecule has 2 N–H and O–H groups in total. The van der Waals surface area contributed by atoms with Crippen molar-refractivity contribution in [2.24, 2.45) is 0 Å². The number of amides is 1. The molecule has 7 heteroatoms. The first kappa shape index (κ1) is 18.7. The highest BCUT2D eigenvalue weighted by molar-refractivity contribution is 6.51. The quantitative estimate of drug-likeness (QED) is 0.303. The fraction of sp³-hybridized carbons (Fsp3) is 0.0833. The number of pyridine rings is 1. The number of fused-ring (bicyclic) bond motifs is 1. The molecule has 0 saturated carbocycles. The monoisotopic (exact) mass is 410 g/mol. The number of aliphatic hydroxyl groups is 1. The molecule has 152 valence electrons. The van der Waals surface area contributed by atoms with Crippen molar-refractivity contribution in [2.45, 2.75) is 13.0 Å². The molecule has 2 aromatic heterocycles. The number of aromatic amines is 1. The first-order chi connectivity index (χ1) is 15.0. The maximum atomic E-state index is 13.1. The molecule has 1 atom stereocenters. The number of carbonyl (C=O) groups excluding carboxylic acids is 2. The Morgan fingerprint density at radius 2 is 1.81 bits per heavy atom. The van der Waals surface area contributed by atoms with Crippen molar-refractivity contribution in [2.75, 3.05) is 4.90 Å². The van der Waals surface area contributed by atoms with Gasteiger partial charge in [0, 0.05) is 18.0 Å². The lowest BCUT2D eigenvalue weighted by Gasteiger charge is -2.22. The van der Waals surface area contributed by atoms with Gasteiger partial charge in [-0.15, -0.1) is 0 Å². The average molecular weight is 410 g/mol. The molecular formula is C24H18N4O3. The lowest BCUT2D eigenvalue weighted by Crippen LogP contribution is -2.30. The van der Waals surface area contributed by atoms with Crippen molar-refractivity contribution in [3.8, 4) is 0 Å². The molecule has 31 heavy (non-hydrogen) atoms. The van der Waals surface area contributed by atoms with Crippen LogP contribution in [0.2, 0.25) is 0 Å². The fourth-order valence-corrected chi connectivity index (χ4v) is 3.82. The number of nitrogens with zero attached hydrogens (tertiary/aromatic N) is 3. The number of benzene rings is 2. The number of nitrogens with one attached hydrogen (secondary N) is 1. The zero-order chi connectivity index (χ0) is 21.5. The van der Waals surface area contributed by atoms with Crippen molar-refractivity contribution in [1.82, 2.24) is 15.0 Å². The summed E-state index contributed by atoms with van der Waals surface area (Å²) in [6.45, 7) is 1.93. The lowest BCUT2D eigenvalue weighted by molar-refractivity contribution is -0.132. The van der Waals surface area contributed by atoms with Gasteiger partial charge >= 0.3 is 5.91 Å². The molecule has 7 nitrogen and oxygen atoms in total. The number of imidazole rings is 1. The molecule has 1 saturated heterocycles. The van der Waals surface area contributed by atoms with Gasteiger partial charge in [-0.25, -0.2) is 4.98 Å². The fourth-order valence-electron chi connectivity index (χ4n) is 3.82. The minimum Gasteiger partial charge on any atom is -0.507 e. The molecule has 5 rings (SSSR count). The second kappa shape index (κ2) is 7.21. The van der Waals surface area contributed by atoms with E-state index in [0.717, 1.165) is 11.1 Å². The molecule has 0 aliphatic carbocycles. The molecule has 1 amide bonds. The Labute approximate surface area is 177 Å². The zero-order valence-electron chi connectivity index (χ0n) is 16.6. The van der Waals surface area contributed by atoms with E-state index >= 15 is 0 Å². The molecule has 1 aliphatic rings. The van der Waals surface area contributed by atoms with Crippen LogP contribution in [0.5, 0.6) is 0 Å². The van der Waals surface area contributed by atoms with Gasteiger partial charge in [-0.2, -0.15) is 0 Å². The van der Waals surface area contributed by atoms with Crippen LogP contribution in [0.1, 0.15) is 22.7 Å². The third-order valence-electron chi connectivity index (χ3n) is 5.37. The maximum Gasteiger partial charge on any atom is 0.302 e. The summed E-state index contributed by atoms with van der Waals surface area (Å²) in [5.74, 6) is -1.53. The Hall–Kier alpha value is -4.26. The van der Waals surface area contributed by atoms with Crippen molar-refractivity contribution in [3.63, 3.8) is 0 Å². The molecule has 3 heterocycles. The summed E-state index contributed by atoms with van der Waals surface area (Å²) in [6.07, 6.45) is 3.19. The maximum absolute atomic E-state index is 13.1. The van der Waals surface area contributed by atoms with Gasteiger partial charge in [0.2, 0.25) is 5.95 Å². The van der Waals surface area contributed by atoms with E-state index in [1.165, 1.54) is 4.90 Å². The van der Waals surface area contributed by atoms with Crippen LogP contribution in [0.3, 0.4) is 0 Å². The molecule has 1 unspecified atom stereocenters. The van der Waals surface area contributed by atoms with E-state index < -0.39 is 17.7 Å². The Morgan fingerprint density at radius 1 is 1.03 bits per heavy atom. The summed E-state index contributed by atoms with van der Waals surface area (Å²) >= 11 is 0.